The SMILES string of the molecule is CCCCCn1nc(-c2ccccc2)n(CC(=O)NNC(=S)Nc2cc(Cl)cc(Cl)c2)c1=O. The molecule has 3 aromatic rings. The number of hydrogen-bond acceptors (Lipinski definition) is 4. The van der Waals surface area contributed by atoms with Gasteiger partial charge in [0.2, 0.25) is 0 Å². The number of carbonyl (C=O) groups excluding carboxylic acids is 1. The zero-order valence-electron chi connectivity index (χ0n) is 18.0. The Kier molecular flexibility index (Phi) is 8.87. The summed E-state index contributed by atoms with van der Waals surface area (Å²) < 4.78 is 2.76. The average molecular weight is 507 g/mol. The Hall–Kier alpha value is -2.88. The van der Waals surface area contributed by atoms with Gasteiger partial charge in [0.1, 0.15) is 6.54 Å². The summed E-state index contributed by atoms with van der Waals surface area (Å²) in [6, 6.07) is 14.2. The summed E-state index contributed by atoms with van der Waals surface area (Å²) in [4.78, 5) is 25.5. The van der Waals surface area contributed by atoms with Gasteiger partial charge in [0.05, 0.1) is 0 Å². The fourth-order valence-corrected chi connectivity index (χ4v) is 3.83. The molecule has 0 saturated heterocycles. The van der Waals surface area contributed by atoms with Crippen molar-refractivity contribution in [1.82, 2.24) is 25.2 Å². The normalized spacial score (nSPS) is 10.6. The van der Waals surface area contributed by atoms with Crippen molar-refractivity contribution in [3.8, 4) is 11.4 Å². The second kappa shape index (κ2) is 11.8. The van der Waals surface area contributed by atoms with Crippen molar-refractivity contribution in [2.24, 2.45) is 0 Å². The van der Waals surface area contributed by atoms with Crippen LogP contribution < -0.4 is 21.9 Å². The number of benzene rings is 2. The van der Waals surface area contributed by atoms with E-state index in [1.54, 1.807) is 18.2 Å². The van der Waals surface area contributed by atoms with Crippen LogP contribution in [-0.4, -0.2) is 25.4 Å². The Morgan fingerprint density at radius 3 is 2.42 bits per heavy atom. The van der Waals surface area contributed by atoms with Gasteiger partial charge in [-0.05, 0) is 36.8 Å². The second-order valence-electron chi connectivity index (χ2n) is 7.27. The Balaban J connectivity index is 1.68. The molecule has 0 radical (unpaired) electrons. The molecule has 0 aliphatic heterocycles. The van der Waals surface area contributed by atoms with Crippen LogP contribution in [0.15, 0.2) is 53.3 Å². The van der Waals surface area contributed by atoms with E-state index in [9.17, 15) is 9.59 Å². The van der Waals surface area contributed by atoms with Crippen molar-refractivity contribution >= 4 is 52.1 Å². The van der Waals surface area contributed by atoms with E-state index >= 15 is 0 Å². The molecule has 1 amide bonds. The van der Waals surface area contributed by atoms with Crippen molar-refractivity contribution in [3.63, 3.8) is 0 Å². The summed E-state index contributed by atoms with van der Waals surface area (Å²) >= 11 is 17.1. The Labute approximate surface area is 206 Å². The number of aryl methyl sites for hydroxylation is 1. The van der Waals surface area contributed by atoms with E-state index in [4.69, 9.17) is 35.4 Å². The summed E-state index contributed by atoms with van der Waals surface area (Å²) in [5, 5.41) is 8.37. The number of hydrazine groups is 1. The first-order chi connectivity index (χ1) is 15.9. The van der Waals surface area contributed by atoms with Gasteiger partial charge in [0, 0.05) is 27.8 Å². The number of anilines is 1. The van der Waals surface area contributed by atoms with Gasteiger partial charge < -0.3 is 5.32 Å². The first kappa shape index (κ1) is 24.8. The lowest BCUT2D eigenvalue weighted by Gasteiger charge is -2.12. The van der Waals surface area contributed by atoms with Gasteiger partial charge in [0.25, 0.3) is 5.91 Å². The minimum Gasteiger partial charge on any atom is -0.331 e. The van der Waals surface area contributed by atoms with Crippen LogP contribution in [0, 0.1) is 0 Å². The molecule has 0 aliphatic rings. The van der Waals surface area contributed by atoms with Gasteiger partial charge in [0.15, 0.2) is 10.9 Å². The summed E-state index contributed by atoms with van der Waals surface area (Å²) in [6.45, 7) is 2.36. The first-order valence-electron chi connectivity index (χ1n) is 10.4. The average Bonchev–Trinajstić information content (AvgIpc) is 3.08. The van der Waals surface area contributed by atoms with Gasteiger partial charge in [-0.1, -0.05) is 73.3 Å². The molecule has 0 unspecified atom stereocenters. The largest absolute Gasteiger partial charge is 0.346 e. The Bertz CT molecular complexity index is 1160. The maximum Gasteiger partial charge on any atom is 0.346 e. The molecular formula is C22H24Cl2N6O2S. The van der Waals surface area contributed by atoms with Gasteiger partial charge in [-0.3, -0.25) is 20.2 Å². The molecule has 0 atom stereocenters. The van der Waals surface area contributed by atoms with Crippen LogP contribution in [0.4, 0.5) is 5.69 Å². The van der Waals surface area contributed by atoms with E-state index in [2.05, 4.69) is 28.2 Å². The number of hydrogen-bond donors (Lipinski definition) is 3. The van der Waals surface area contributed by atoms with E-state index < -0.39 is 5.91 Å². The quantitative estimate of drug-likeness (QED) is 0.240. The number of nitrogens with one attached hydrogen (secondary N) is 3. The zero-order chi connectivity index (χ0) is 23.8. The first-order valence-corrected chi connectivity index (χ1v) is 11.6. The molecule has 1 heterocycles. The summed E-state index contributed by atoms with van der Waals surface area (Å²) in [5.41, 5.74) is 6.08. The standard InChI is InChI=1S/C22H24Cl2N6O2S/c1-2-3-7-10-30-22(32)29(20(28-30)15-8-5-4-6-9-15)14-19(31)26-27-21(33)25-18-12-16(23)11-17(24)13-18/h4-6,8-9,11-13H,2-3,7,10,14H2,1H3,(H,26,31)(H2,25,27,33). The molecule has 2 aromatic carbocycles. The number of nitrogens with zero attached hydrogens (tertiary/aromatic N) is 3. The molecule has 0 saturated carbocycles. The lowest BCUT2D eigenvalue weighted by Crippen LogP contribution is -2.46. The number of halogens is 2. The van der Waals surface area contributed by atoms with Crippen molar-refractivity contribution in [3.05, 3.63) is 69.1 Å². The highest BCUT2D eigenvalue weighted by Gasteiger charge is 2.17. The van der Waals surface area contributed by atoms with Crippen molar-refractivity contribution in [1.29, 1.82) is 0 Å². The number of carbonyl (C=O) groups is 1. The van der Waals surface area contributed by atoms with Crippen LogP contribution in [0.2, 0.25) is 10.0 Å². The zero-order valence-corrected chi connectivity index (χ0v) is 20.3. The van der Waals surface area contributed by atoms with Crippen molar-refractivity contribution in [2.45, 2.75) is 39.3 Å². The number of amides is 1. The molecule has 3 rings (SSSR count). The topological polar surface area (TPSA) is 93.0 Å². The minimum atomic E-state index is -0.462. The minimum absolute atomic E-state index is 0.132. The predicted octanol–water partition coefficient (Wildman–Crippen LogP) is 4.23. The maximum atomic E-state index is 12.9. The van der Waals surface area contributed by atoms with Crippen molar-refractivity contribution in [2.75, 3.05) is 5.32 Å². The second-order valence-corrected chi connectivity index (χ2v) is 8.56. The predicted molar refractivity (Wildman–Crippen MR) is 135 cm³/mol. The van der Waals surface area contributed by atoms with Crippen molar-refractivity contribution < 1.29 is 4.79 Å². The number of thiocarbonyl (C=S) groups is 1. The molecule has 11 heteroatoms. The molecule has 0 bridgehead atoms. The molecule has 174 valence electrons. The third kappa shape index (κ3) is 7.05. The molecule has 1 aromatic heterocycles. The lowest BCUT2D eigenvalue weighted by molar-refractivity contribution is -0.122. The van der Waals surface area contributed by atoms with E-state index in [1.165, 1.54) is 9.25 Å². The third-order valence-electron chi connectivity index (χ3n) is 4.67. The van der Waals surface area contributed by atoms with E-state index in [1.807, 2.05) is 30.3 Å². The van der Waals surface area contributed by atoms with Crippen LogP contribution in [0.25, 0.3) is 11.4 Å². The molecule has 3 N–H and O–H groups in total. The van der Waals surface area contributed by atoms with Gasteiger partial charge in [-0.15, -0.1) is 5.10 Å². The van der Waals surface area contributed by atoms with E-state index in [-0.39, 0.29) is 17.3 Å². The fraction of sp³-hybridized carbons (Fsp3) is 0.273. The van der Waals surface area contributed by atoms with E-state index in [0.717, 1.165) is 24.8 Å². The highest BCUT2D eigenvalue weighted by atomic mass is 35.5. The van der Waals surface area contributed by atoms with E-state index in [0.29, 0.717) is 28.1 Å². The highest BCUT2D eigenvalue weighted by Crippen LogP contribution is 2.22. The number of unbranched alkanes of at least 4 members (excludes halogenated alkanes) is 2. The fourth-order valence-electron chi connectivity index (χ4n) is 3.14. The van der Waals surface area contributed by atoms with Crippen LogP contribution in [0.1, 0.15) is 26.2 Å². The van der Waals surface area contributed by atoms with Crippen LogP contribution in [-0.2, 0) is 17.9 Å². The monoisotopic (exact) mass is 506 g/mol. The van der Waals surface area contributed by atoms with Gasteiger partial charge >= 0.3 is 5.69 Å². The van der Waals surface area contributed by atoms with Gasteiger partial charge in [-0.25, -0.2) is 9.48 Å². The summed E-state index contributed by atoms with van der Waals surface area (Å²) in [7, 11) is 0. The molecule has 0 fully saturated rings. The Morgan fingerprint density at radius 1 is 1.06 bits per heavy atom. The molecule has 0 aliphatic carbocycles. The molecule has 8 nitrogen and oxygen atoms in total. The van der Waals surface area contributed by atoms with Crippen LogP contribution >= 0.6 is 35.4 Å². The number of aromatic nitrogens is 3. The Morgan fingerprint density at radius 2 is 1.76 bits per heavy atom. The van der Waals surface area contributed by atoms with Crippen LogP contribution in [0.5, 0.6) is 0 Å². The van der Waals surface area contributed by atoms with Crippen LogP contribution in [0.3, 0.4) is 0 Å². The lowest BCUT2D eigenvalue weighted by atomic mass is 10.2. The summed E-state index contributed by atoms with van der Waals surface area (Å²) in [5.74, 6) is -0.0304. The molecular weight excluding hydrogens is 483 g/mol. The smallest absolute Gasteiger partial charge is 0.331 e. The third-order valence-corrected chi connectivity index (χ3v) is 5.31. The van der Waals surface area contributed by atoms with Gasteiger partial charge in [-0.2, -0.15) is 0 Å². The summed E-state index contributed by atoms with van der Waals surface area (Å²) in [6.07, 6.45) is 2.86. The molecule has 33 heavy (non-hydrogen) atoms. The molecule has 0 spiro atoms. The highest BCUT2D eigenvalue weighted by molar-refractivity contribution is 7.80. The maximum absolute atomic E-state index is 12.9. The number of rotatable bonds is 8.